The van der Waals surface area contributed by atoms with Crippen LogP contribution in [0.5, 0.6) is 17.2 Å². The largest absolute Gasteiger partial charge is 0.493 e. The number of fused-ring (bicyclic) bond motifs is 3. The number of nitrogens with zero attached hydrogens (tertiary/aromatic N) is 18. The van der Waals surface area contributed by atoms with E-state index in [4.69, 9.17) is 64.3 Å². The van der Waals surface area contributed by atoms with Gasteiger partial charge in [-0.3, -0.25) is 14.7 Å². The molecule has 126 heavy (non-hydrogen) atoms. The minimum absolute atomic E-state index is 0. The first-order valence-electron chi connectivity index (χ1n) is 42.3. The number of hydrogen-bond acceptors (Lipinski definition) is 32. The molecule has 29 nitrogen and oxygen atoms in total. The summed E-state index contributed by atoms with van der Waals surface area (Å²) in [6.07, 6.45) is 30.1. The number of carbonyl (C=O) groups is 2. The van der Waals surface area contributed by atoms with E-state index in [1.54, 1.807) is 31.0 Å². The maximum absolute atomic E-state index is 9.89. The van der Waals surface area contributed by atoms with Crippen molar-refractivity contribution >= 4 is 117 Å². The van der Waals surface area contributed by atoms with E-state index in [0.29, 0.717) is 83.7 Å². The number of piperidine rings is 3. The first-order chi connectivity index (χ1) is 60.7. The van der Waals surface area contributed by atoms with Crippen LogP contribution in [-0.2, 0) is 73.5 Å². The summed E-state index contributed by atoms with van der Waals surface area (Å²) >= 11 is 10.6. The molecule has 3 aliphatic carbocycles. The van der Waals surface area contributed by atoms with Crippen molar-refractivity contribution < 1.29 is 52.7 Å². The summed E-state index contributed by atoms with van der Waals surface area (Å²) in [7, 11) is 8.29. The van der Waals surface area contributed by atoms with Gasteiger partial charge in [-0.2, -0.15) is 26.3 Å². The molecule has 3 saturated carbocycles. The molecule has 3 saturated heterocycles. The second-order valence-electron chi connectivity index (χ2n) is 32.7. The lowest BCUT2D eigenvalue weighted by molar-refractivity contribution is -0.134. The van der Waals surface area contributed by atoms with E-state index < -0.39 is 11.9 Å². The number of carboxylic acid groups (broad SMARTS) is 2. The average molecular weight is 1870 g/mol. The lowest BCUT2D eigenvalue weighted by Gasteiger charge is -2.31. The van der Waals surface area contributed by atoms with E-state index in [9.17, 15) is 14.7 Å². The summed E-state index contributed by atoms with van der Waals surface area (Å²) in [5.74, 6) is 4.24. The Balaban J connectivity index is 0.000000160. The highest BCUT2D eigenvalue weighted by molar-refractivity contribution is 9.08. The van der Waals surface area contributed by atoms with Crippen LogP contribution in [0, 0.1) is 99.1 Å². The van der Waals surface area contributed by atoms with Crippen molar-refractivity contribution in [3.63, 3.8) is 0 Å². The topological polar surface area (TPSA) is 400 Å². The van der Waals surface area contributed by atoms with Gasteiger partial charge < -0.3 is 52.9 Å². The number of carboxylic acids is 2. The van der Waals surface area contributed by atoms with Crippen LogP contribution in [0.25, 0.3) is 32.9 Å². The van der Waals surface area contributed by atoms with Gasteiger partial charge in [-0.05, 0) is 262 Å². The summed E-state index contributed by atoms with van der Waals surface area (Å²) in [6, 6.07) is 23.0. The number of halogens is 1. The summed E-state index contributed by atoms with van der Waals surface area (Å²) in [5.41, 5.74) is 8.45. The van der Waals surface area contributed by atoms with Gasteiger partial charge in [0, 0.05) is 41.4 Å². The number of hydrogen-bond donors (Lipinski definition) is 3. The predicted octanol–water partition coefficient (Wildman–Crippen LogP) is 17.6. The highest BCUT2D eigenvalue weighted by Gasteiger charge is 2.30. The molecular weight excluding hydrogens is 1760 g/mol. The Labute approximate surface area is 763 Å². The van der Waals surface area contributed by atoms with Crippen LogP contribution in [0.2, 0.25) is 0 Å². The minimum Gasteiger partial charge on any atom is -0.493 e. The number of likely N-dealkylation sites (tertiary alicyclic amines) is 3. The minimum atomic E-state index is -1.26. The average Bonchev–Trinajstić information content (AvgIpc) is 1.63. The fourth-order valence-electron chi connectivity index (χ4n) is 15.0. The third-order valence-electron chi connectivity index (χ3n) is 22.4. The Bertz CT molecular complexity index is 5380. The predicted molar refractivity (Wildman–Crippen MR) is 489 cm³/mol. The molecule has 11 aromatic rings. The first-order valence-corrected chi connectivity index (χ1v) is 47.5. The van der Waals surface area contributed by atoms with Crippen LogP contribution in [0.3, 0.4) is 0 Å². The first kappa shape index (κ1) is 96.6. The Morgan fingerprint density at radius 2 is 0.746 bits per heavy atom. The summed E-state index contributed by atoms with van der Waals surface area (Å²) in [6.45, 7) is 14.6. The van der Waals surface area contributed by atoms with E-state index in [0.717, 1.165) is 246 Å². The molecule has 666 valence electrons. The van der Waals surface area contributed by atoms with Crippen molar-refractivity contribution in [3.8, 4) is 47.6 Å². The number of aliphatic carboxylic acids is 2. The van der Waals surface area contributed by atoms with E-state index in [-0.39, 0.29) is 14.0 Å². The lowest BCUT2D eigenvalue weighted by Crippen LogP contribution is -2.33. The number of benzene rings is 3. The molecule has 0 unspecified atom stereocenters. The molecule has 35 heteroatoms. The van der Waals surface area contributed by atoms with Crippen molar-refractivity contribution in [2.24, 2.45) is 35.5 Å². The van der Waals surface area contributed by atoms with Gasteiger partial charge in [-0.15, -0.1) is 56.7 Å². The third-order valence-corrected chi connectivity index (χ3v) is 27.7. The zero-order valence-corrected chi connectivity index (χ0v) is 76.8. The van der Waals surface area contributed by atoms with Crippen molar-refractivity contribution in [1.82, 2.24) is 64.9 Å². The van der Waals surface area contributed by atoms with Crippen molar-refractivity contribution in [2.45, 2.75) is 175 Å². The Hall–Kier alpha value is -10.0. The van der Waals surface area contributed by atoms with Crippen LogP contribution in [0.1, 0.15) is 187 Å². The smallest absolute Gasteiger partial charge is 0.328 e. The van der Waals surface area contributed by atoms with Crippen LogP contribution in [-0.4, -0.2) is 179 Å². The van der Waals surface area contributed by atoms with Gasteiger partial charge in [-0.25, -0.2) is 34.5 Å². The van der Waals surface area contributed by atoms with Gasteiger partial charge in [0.15, 0.2) is 16.7 Å². The number of rotatable bonds is 32. The van der Waals surface area contributed by atoms with Gasteiger partial charge in [-0.1, -0.05) is 38.8 Å². The Morgan fingerprint density at radius 1 is 0.452 bits per heavy atom. The summed E-state index contributed by atoms with van der Waals surface area (Å²) < 4.78 is 35.6. The number of alkyl halides is 1. The van der Waals surface area contributed by atoms with E-state index in [1.807, 2.05) is 31.2 Å². The molecule has 0 amide bonds. The normalized spacial score (nSPS) is 15.7. The molecule has 0 bridgehead atoms. The van der Waals surface area contributed by atoms with E-state index in [1.165, 1.54) is 121 Å². The molecule has 3 aliphatic heterocycles. The molecule has 0 atom stereocenters. The third kappa shape index (κ3) is 29.8. The molecular formula is C91H109BrN18O11S5. The molecule has 0 spiro atoms. The van der Waals surface area contributed by atoms with Crippen LogP contribution >= 0.6 is 72.6 Å². The molecule has 6 fully saturated rings. The number of aromatic nitrogens is 8. The second kappa shape index (κ2) is 48.8. The highest BCUT2D eigenvalue weighted by Crippen LogP contribution is 2.40. The summed E-state index contributed by atoms with van der Waals surface area (Å²) in [5, 5.41) is 91.4. The molecule has 6 aliphatic rings. The molecule has 17 rings (SSSR count). The molecule has 3 aromatic carbocycles. The van der Waals surface area contributed by atoms with Crippen LogP contribution < -0.4 is 14.2 Å². The van der Waals surface area contributed by atoms with Gasteiger partial charge >= 0.3 is 11.9 Å². The van der Waals surface area contributed by atoms with Gasteiger partial charge in [0.1, 0.15) is 92.0 Å². The number of aliphatic hydroxyl groups is 1. The number of aryl methyl sites for hydroxylation is 4. The number of aliphatic hydroxyl groups excluding tert-OH is 1. The van der Waals surface area contributed by atoms with Gasteiger partial charge in [0.05, 0.1) is 121 Å². The Kier molecular flexibility index (Phi) is 37.4. The summed E-state index contributed by atoms with van der Waals surface area (Å²) in [4.78, 5) is 55.1. The monoisotopic (exact) mass is 1870 g/mol. The van der Waals surface area contributed by atoms with Crippen molar-refractivity contribution in [3.05, 3.63) is 163 Å². The maximum Gasteiger partial charge on any atom is 0.328 e. The maximum atomic E-state index is 9.89. The molecule has 3 N–H and O–H groups in total. The second-order valence-corrected chi connectivity index (χ2v) is 39.0. The number of ether oxygens (including phenoxy) is 3. The van der Waals surface area contributed by atoms with Gasteiger partial charge in [0.25, 0.3) is 0 Å². The van der Waals surface area contributed by atoms with Crippen molar-refractivity contribution in [2.75, 3.05) is 87.3 Å². The lowest BCUT2D eigenvalue weighted by atomic mass is 9.91. The number of nitriles is 5. The van der Waals surface area contributed by atoms with Crippen molar-refractivity contribution in [1.29, 1.82) is 26.3 Å². The zero-order valence-electron chi connectivity index (χ0n) is 71.1. The molecule has 8 aromatic heterocycles. The van der Waals surface area contributed by atoms with Crippen LogP contribution in [0.15, 0.2) is 93.1 Å². The molecule has 11 heterocycles. The van der Waals surface area contributed by atoms with E-state index in [2.05, 4.69) is 151 Å². The van der Waals surface area contributed by atoms with Crippen LogP contribution in [0.4, 0.5) is 0 Å². The Morgan fingerprint density at radius 3 is 1.00 bits per heavy atom. The van der Waals surface area contributed by atoms with Gasteiger partial charge in [0.2, 0.25) is 0 Å². The fraction of sp³-hybridized carbons (Fsp3) is 0.505. The number of thiazole rings is 5. The van der Waals surface area contributed by atoms with E-state index >= 15 is 0 Å². The fourth-order valence-corrected chi connectivity index (χ4v) is 18.9. The zero-order chi connectivity index (χ0) is 88.1. The molecule has 0 radical (unpaired) electrons. The SMILES string of the molecule is C.CN(C)Cc1c(OCC2CC2)ccc2c(CCC3CCN(Cc4ncc(C#N)s4)CC3)noc12.CN(C)Cc1c(OCC2CC2)ccc2c(CCC3CCN(Cc4ncc(C#N)s4)CC3)noc12.Cc1ncc(C#N)s1.N#Cc1cnc(CBr)s1.N#Cc1cnc(CN2CCC(CCc3noc4c(CO)c(OCC5CC5)ccc34)CC2)s1.O=C(O)/C=C/C(=O)O. The standard InChI is InChI=1S/2C26H33N5O2S.C24H28N4O3S.C5H3BrN2S.C5H4N2S.C4H4O4.CH4/c2*1-30(2)15-22-24(32-17-19-3-4-19)8-6-21-23(29-33-26(21)22)7-5-18-9-11-31(12-10-18)16-25-28-14-20(13-27)34-25;25-11-18-12-26-23(32-18)13-28-9-7-16(8-10-28)3-5-21-19-4-6-22(30-15-17-1-2-17)20(14-29)24(19)31-27-21;6-1-5-8-3-4(2-7)9-5;1-4-7-3-5(2-6)8-4;5-3(6)1-2-4(7)8;/h2*6,8,14,18-19H,3-5,7,9-12,15-17H2,1-2H3;4,6,12,16-17,29H,1-3,5,7-10,13-15H2;3H,1H2;3H,1H3;1-2H,(H,5,6)(H,7,8);1H4/b;;;;;2-1+;. The highest BCUT2D eigenvalue weighted by atomic mass is 79.9. The quantitative estimate of drug-likeness (QED) is 0.0260.